The summed E-state index contributed by atoms with van der Waals surface area (Å²) in [6, 6.07) is 10.0. The molecule has 3 heterocycles. The standard InChI is InChI=1S/C19H14N2O6/c1-24-13-6-5-10(8-15(13)25-2)12-9-11(19(22)23)16-17(14-4-3-7-26-14)21-27-18(16)20-12/h3-9H,1-2H3,(H,22,23). The van der Waals surface area contributed by atoms with Gasteiger partial charge in [0.05, 0.1) is 37.1 Å². The molecule has 27 heavy (non-hydrogen) atoms. The van der Waals surface area contributed by atoms with E-state index in [0.717, 1.165) is 0 Å². The number of methoxy groups -OCH3 is 2. The fraction of sp³-hybridized carbons (Fsp3) is 0.105. The number of benzene rings is 1. The van der Waals surface area contributed by atoms with Crippen LogP contribution in [-0.4, -0.2) is 35.4 Å². The van der Waals surface area contributed by atoms with E-state index in [1.54, 1.807) is 30.3 Å². The number of rotatable bonds is 5. The summed E-state index contributed by atoms with van der Waals surface area (Å²) in [6.45, 7) is 0. The molecular weight excluding hydrogens is 352 g/mol. The number of nitrogens with zero attached hydrogens (tertiary/aromatic N) is 2. The minimum absolute atomic E-state index is 0.0115. The molecule has 0 saturated carbocycles. The number of pyridine rings is 1. The predicted molar refractivity (Wildman–Crippen MR) is 95.0 cm³/mol. The number of carboxylic acid groups (broad SMARTS) is 1. The van der Waals surface area contributed by atoms with Gasteiger partial charge in [-0.25, -0.2) is 9.78 Å². The molecule has 0 radical (unpaired) electrons. The Morgan fingerprint density at radius 1 is 1.11 bits per heavy atom. The van der Waals surface area contributed by atoms with Crippen LogP contribution in [0.4, 0.5) is 0 Å². The first kappa shape index (κ1) is 16.6. The average molecular weight is 366 g/mol. The van der Waals surface area contributed by atoms with Gasteiger partial charge in [-0.3, -0.25) is 0 Å². The molecule has 0 spiro atoms. The van der Waals surface area contributed by atoms with E-state index in [4.69, 9.17) is 18.4 Å². The molecular formula is C19H14N2O6. The minimum Gasteiger partial charge on any atom is -0.493 e. The van der Waals surface area contributed by atoms with Crippen LogP contribution in [-0.2, 0) is 0 Å². The number of aromatic nitrogens is 2. The molecule has 8 nitrogen and oxygen atoms in total. The summed E-state index contributed by atoms with van der Waals surface area (Å²) in [7, 11) is 3.06. The Bertz CT molecular complexity index is 1130. The summed E-state index contributed by atoms with van der Waals surface area (Å²) >= 11 is 0. The molecule has 0 atom stereocenters. The van der Waals surface area contributed by atoms with Crippen molar-refractivity contribution in [2.75, 3.05) is 14.2 Å². The molecule has 3 aromatic heterocycles. The molecule has 8 heteroatoms. The van der Waals surface area contributed by atoms with Crippen molar-refractivity contribution in [2.24, 2.45) is 0 Å². The summed E-state index contributed by atoms with van der Waals surface area (Å²) in [5.74, 6) is 0.334. The fourth-order valence-electron chi connectivity index (χ4n) is 2.84. The van der Waals surface area contributed by atoms with Gasteiger partial charge in [-0.1, -0.05) is 5.16 Å². The molecule has 4 rings (SSSR count). The second-order valence-corrected chi connectivity index (χ2v) is 5.62. The maximum atomic E-state index is 11.9. The quantitative estimate of drug-likeness (QED) is 0.567. The van der Waals surface area contributed by atoms with Crippen molar-refractivity contribution in [1.82, 2.24) is 10.1 Å². The first-order valence-electron chi connectivity index (χ1n) is 7.92. The second kappa shape index (κ2) is 6.49. The van der Waals surface area contributed by atoms with Gasteiger partial charge in [0.2, 0.25) is 0 Å². The third-order valence-corrected chi connectivity index (χ3v) is 4.11. The molecule has 0 aliphatic heterocycles. The van der Waals surface area contributed by atoms with Gasteiger partial charge in [-0.2, -0.15) is 0 Å². The lowest BCUT2D eigenvalue weighted by Gasteiger charge is -2.09. The van der Waals surface area contributed by atoms with E-state index in [2.05, 4.69) is 10.1 Å². The second-order valence-electron chi connectivity index (χ2n) is 5.62. The third kappa shape index (κ3) is 2.77. The lowest BCUT2D eigenvalue weighted by Crippen LogP contribution is -2.00. The summed E-state index contributed by atoms with van der Waals surface area (Å²) in [4.78, 5) is 16.3. The van der Waals surface area contributed by atoms with E-state index in [1.165, 1.54) is 26.5 Å². The van der Waals surface area contributed by atoms with Crippen LogP contribution in [0.2, 0.25) is 0 Å². The number of hydrogen-bond donors (Lipinski definition) is 1. The van der Waals surface area contributed by atoms with Gasteiger partial charge in [0.1, 0.15) is 0 Å². The molecule has 0 fully saturated rings. The van der Waals surface area contributed by atoms with E-state index < -0.39 is 5.97 Å². The molecule has 0 unspecified atom stereocenters. The van der Waals surface area contributed by atoms with Gasteiger partial charge < -0.3 is 23.5 Å². The van der Waals surface area contributed by atoms with Gasteiger partial charge in [0.25, 0.3) is 5.71 Å². The lowest BCUT2D eigenvalue weighted by atomic mass is 10.0. The number of fused-ring (bicyclic) bond motifs is 1. The first-order valence-corrected chi connectivity index (χ1v) is 7.92. The molecule has 0 amide bonds. The maximum absolute atomic E-state index is 11.9. The van der Waals surface area contributed by atoms with E-state index >= 15 is 0 Å². The molecule has 136 valence electrons. The van der Waals surface area contributed by atoms with Crippen molar-refractivity contribution in [3.63, 3.8) is 0 Å². The zero-order valence-electron chi connectivity index (χ0n) is 14.4. The third-order valence-electron chi connectivity index (χ3n) is 4.11. The Morgan fingerprint density at radius 3 is 2.59 bits per heavy atom. The first-order chi connectivity index (χ1) is 13.1. The van der Waals surface area contributed by atoms with Crippen molar-refractivity contribution in [2.45, 2.75) is 0 Å². The highest BCUT2D eigenvalue weighted by atomic mass is 16.5. The summed E-state index contributed by atoms with van der Waals surface area (Å²) < 4.78 is 21.1. The van der Waals surface area contributed by atoms with Crippen molar-refractivity contribution >= 4 is 17.1 Å². The van der Waals surface area contributed by atoms with Crippen molar-refractivity contribution in [1.29, 1.82) is 0 Å². The van der Waals surface area contributed by atoms with Gasteiger partial charge in [-0.15, -0.1) is 0 Å². The Kier molecular flexibility index (Phi) is 4.00. The highest BCUT2D eigenvalue weighted by molar-refractivity contribution is 6.07. The molecule has 0 aliphatic rings. The van der Waals surface area contributed by atoms with Gasteiger partial charge in [0.15, 0.2) is 23.0 Å². The molecule has 1 aromatic carbocycles. The monoisotopic (exact) mass is 366 g/mol. The van der Waals surface area contributed by atoms with Crippen LogP contribution in [0.1, 0.15) is 10.4 Å². The van der Waals surface area contributed by atoms with Gasteiger partial charge >= 0.3 is 5.97 Å². The van der Waals surface area contributed by atoms with Crippen LogP contribution in [0.15, 0.2) is 51.6 Å². The Hall–Kier alpha value is -3.81. The van der Waals surface area contributed by atoms with Crippen LogP contribution in [0.5, 0.6) is 11.5 Å². The van der Waals surface area contributed by atoms with E-state index in [1.807, 2.05) is 0 Å². The van der Waals surface area contributed by atoms with Crippen LogP contribution in [0.25, 0.3) is 33.8 Å². The largest absolute Gasteiger partial charge is 0.493 e. The smallest absolute Gasteiger partial charge is 0.336 e. The van der Waals surface area contributed by atoms with Crippen molar-refractivity contribution < 1.29 is 28.3 Å². The Balaban J connectivity index is 1.93. The SMILES string of the molecule is COc1ccc(-c2cc(C(=O)O)c3c(-c4ccco4)noc3n2)cc1OC. The molecule has 0 aliphatic carbocycles. The van der Waals surface area contributed by atoms with Gasteiger partial charge in [-0.05, 0) is 36.4 Å². The Labute approximate surface area is 152 Å². The highest BCUT2D eigenvalue weighted by Crippen LogP contribution is 2.35. The number of carboxylic acids is 1. The predicted octanol–water partition coefficient (Wildman–Crippen LogP) is 3.87. The molecule has 0 saturated heterocycles. The topological polar surface area (TPSA) is 108 Å². The number of furan rings is 1. The number of ether oxygens (including phenoxy) is 2. The van der Waals surface area contributed by atoms with Crippen LogP contribution < -0.4 is 9.47 Å². The van der Waals surface area contributed by atoms with E-state index in [9.17, 15) is 9.90 Å². The minimum atomic E-state index is -1.12. The molecule has 0 bridgehead atoms. The average Bonchev–Trinajstić information content (AvgIpc) is 3.35. The van der Waals surface area contributed by atoms with Crippen LogP contribution in [0, 0.1) is 0 Å². The zero-order chi connectivity index (χ0) is 19.0. The summed E-state index contributed by atoms with van der Waals surface area (Å²) in [5, 5.41) is 13.9. The zero-order valence-corrected chi connectivity index (χ0v) is 14.4. The maximum Gasteiger partial charge on any atom is 0.336 e. The molecule has 4 aromatic rings. The van der Waals surface area contributed by atoms with E-state index in [-0.39, 0.29) is 16.7 Å². The van der Waals surface area contributed by atoms with Crippen molar-refractivity contribution in [3.05, 3.63) is 48.2 Å². The van der Waals surface area contributed by atoms with Gasteiger partial charge in [0, 0.05) is 5.56 Å². The van der Waals surface area contributed by atoms with Crippen LogP contribution in [0.3, 0.4) is 0 Å². The summed E-state index contributed by atoms with van der Waals surface area (Å²) in [5.41, 5.74) is 1.46. The number of hydrogen-bond acceptors (Lipinski definition) is 7. The lowest BCUT2D eigenvalue weighted by molar-refractivity contribution is 0.0699. The highest BCUT2D eigenvalue weighted by Gasteiger charge is 2.23. The van der Waals surface area contributed by atoms with Crippen molar-refractivity contribution in [3.8, 4) is 34.2 Å². The van der Waals surface area contributed by atoms with E-state index in [0.29, 0.717) is 34.2 Å². The van der Waals surface area contributed by atoms with Crippen LogP contribution >= 0.6 is 0 Å². The Morgan fingerprint density at radius 2 is 1.93 bits per heavy atom. The molecule has 1 N–H and O–H groups in total. The summed E-state index contributed by atoms with van der Waals surface area (Å²) in [6.07, 6.45) is 1.47. The number of carbonyl (C=O) groups is 1. The number of aromatic carboxylic acids is 1. The fourth-order valence-corrected chi connectivity index (χ4v) is 2.84. The normalized spacial score (nSPS) is 10.9.